The lowest BCUT2D eigenvalue weighted by Crippen LogP contribution is -2.12. The summed E-state index contributed by atoms with van der Waals surface area (Å²) in [5, 5.41) is 0. The van der Waals surface area contributed by atoms with E-state index in [1.165, 1.54) is 12.3 Å². The van der Waals surface area contributed by atoms with Crippen molar-refractivity contribution in [3.05, 3.63) is 21.4 Å². The van der Waals surface area contributed by atoms with Crippen LogP contribution in [0.1, 0.15) is 5.56 Å². The maximum absolute atomic E-state index is 12.2. The highest BCUT2D eigenvalue weighted by atomic mass is 127. The molecule has 1 aromatic heterocycles. The smallest absolute Gasteiger partial charge is 0.383 e. The van der Waals surface area contributed by atoms with E-state index in [4.69, 9.17) is 5.73 Å². The second-order valence-corrected chi connectivity index (χ2v) is 3.21. The Morgan fingerprint density at radius 2 is 2.00 bits per heavy atom. The van der Waals surface area contributed by atoms with Crippen molar-refractivity contribution in [1.82, 2.24) is 4.98 Å². The van der Waals surface area contributed by atoms with E-state index in [1.807, 2.05) is 0 Å². The molecule has 0 bridgehead atoms. The summed E-state index contributed by atoms with van der Waals surface area (Å²) in [6.45, 7) is 0. The fraction of sp³-hybridized carbons (Fsp3) is 0.167. The molecule has 0 atom stereocenters. The van der Waals surface area contributed by atoms with Crippen molar-refractivity contribution >= 4 is 28.4 Å². The topological polar surface area (TPSA) is 38.9 Å². The lowest BCUT2D eigenvalue weighted by atomic mass is 10.2. The van der Waals surface area contributed by atoms with Crippen LogP contribution in [0.3, 0.4) is 0 Å². The minimum atomic E-state index is -4.42. The number of pyridine rings is 1. The van der Waals surface area contributed by atoms with E-state index in [2.05, 4.69) is 4.98 Å². The van der Waals surface area contributed by atoms with Gasteiger partial charge in [-0.2, -0.15) is 13.2 Å². The molecule has 0 amide bonds. The average Bonchev–Trinajstić information content (AvgIpc) is 1.82. The zero-order valence-corrected chi connectivity index (χ0v) is 7.85. The van der Waals surface area contributed by atoms with Crippen LogP contribution >= 0.6 is 22.6 Å². The maximum Gasteiger partial charge on any atom is 0.420 e. The van der Waals surface area contributed by atoms with Gasteiger partial charge in [-0.3, -0.25) is 0 Å². The van der Waals surface area contributed by atoms with Gasteiger partial charge in [-0.15, -0.1) is 0 Å². The summed E-state index contributed by atoms with van der Waals surface area (Å²) in [6, 6.07) is 1.26. The van der Waals surface area contributed by atoms with Crippen molar-refractivity contribution < 1.29 is 13.2 Å². The van der Waals surface area contributed by atoms with Gasteiger partial charge in [0.25, 0.3) is 0 Å². The van der Waals surface area contributed by atoms with Gasteiger partial charge in [0.05, 0.1) is 0 Å². The van der Waals surface area contributed by atoms with Crippen LogP contribution in [0.5, 0.6) is 0 Å². The fourth-order valence-electron chi connectivity index (χ4n) is 0.734. The van der Waals surface area contributed by atoms with Gasteiger partial charge in [0, 0.05) is 9.77 Å². The van der Waals surface area contributed by atoms with E-state index in [0.29, 0.717) is 0 Å². The molecule has 2 N–H and O–H groups in total. The summed E-state index contributed by atoms with van der Waals surface area (Å²) in [5.41, 5.74) is 4.22. The monoisotopic (exact) mass is 288 g/mol. The van der Waals surface area contributed by atoms with Crippen LogP contribution < -0.4 is 5.73 Å². The van der Waals surface area contributed by atoms with Gasteiger partial charge < -0.3 is 5.73 Å². The molecule has 0 aliphatic rings. The third-order valence-corrected chi connectivity index (χ3v) is 2.11. The molecule has 0 spiro atoms. The first kappa shape index (κ1) is 9.56. The Morgan fingerprint density at radius 1 is 1.42 bits per heavy atom. The van der Waals surface area contributed by atoms with Gasteiger partial charge in [0.2, 0.25) is 0 Å². The van der Waals surface area contributed by atoms with Crippen LogP contribution in [0, 0.1) is 3.57 Å². The van der Waals surface area contributed by atoms with Gasteiger partial charge >= 0.3 is 6.18 Å². The number of alkyl halides is 3. The first-order valence-corrected chi connectivity index (χ1v) is 3.98. The quantitative estimate of drug-likeness (QED) is 0.744. The molecule has 0 unspecified atom stereocenters. The van der Waals surface area contributed by atoms with Crippen LogP contribution in [0.4, 0.5) is 19.0 Å². The number of rotatable bonds is 0. The summed E-state index contributed by atoms with van der Waals surface area (Å²) in [4.78, 5) is 3.36. The van der Waals surface area contributed by atoms with E-state index < -0.39 is 17.6 Å². The summed E-state index contributed by atoms with van der Waals surface area (Å²) >= 11 is 1.57. The van der Waals surface area contributed by atoms with E-state index in [-0.39, 0.29) is 3.57 Å². The molecule has 66 valence electrons. The van der Waals surface area contributed by atoms with Crippen molar-refractivity contribution in [1.29, 1.82) is 0 Å². The predicted octanol–water partition coefficient (Wildman–Crippen LogP) is 2.29. The molecule has 0 aliphatic heterocycles. The summed E-state index contributed by atoms with van der Waals surface area (Å²) < 4.78 is 36.6. The van der Waals surface area contributed by atoms with Gasteiger partial charge in [0.15, 0.2) is 0 Å². The molecule has 6 heteroatoms. The molecule has 2 nitrogen and oxygen atoms in total. The zero-order valence-electron chi connectivity index (χ0n) is 5.69. The minimum Gasteiger partial charge on any atom is -0.383 e. The molecule has 0 fully saturated rings. The number of hydrogen-bond donors (Lipinski definition) is 1. The van der Waals surface area contributed by atoms with E-state index in [9.17, 15) is 13.2 Å². The van der Waals surface area contributed by atoms with Gasteiger partial charge in [-0.25, -0.2) is 4.98 Å². The predicted molar refractivity (Wildman–Crippen MR) is 46.4 cm³/mol. The molecule has 0 aromatic carbocycles. The Morgan fingerprint density at radius 3 is 2.33 bits per heavy atom. The normalized spacial score (nSPS) is 11.7. The molecular weight excluding hydrogens is 284 g/mol. The Bertz CT molecular complexity index is 277. The van der Waals surface area contributed by atoms with E-state index in [1.54, 1.807) is 22.6 Å². The molecule has 0 saturated heterocycles. The second-order valence-electron chi connectivity index (χ2n) is 2.05. The second kappa shape index (κ2) is 3.08. The van der Waals surface area contributed by atoms with Crippen LogP contribution in [-0.2, 0) is 6.18 Å². The summed E-state index contributed by atoms with van der Waals surface area (Å²) in [5.74, 6) is -0.477. The molecular formula is C6H4F3IN2. The fourth-order valence-corrected chi connectivity index (χ4v) is 1.48. The SMILES string of the molecule is Nc1nccc(I)c1C(F)(F)F. The minimum absolute atomic E-state index is 0.0626. The third kappa shape index (κ3) is 1.79. The van der Waals surface area contributed by atoms with Crippen LogP contribution in [-0.4, -0.2) is 4.98 Å². The number of nitrogen functional groups attached to an aromatic ring is 1. The Kier molecular flexibility index (Phi) is 2.45. The third-order valence-electron chi connectivity index (χ3n) is 1.21. The van der Waals surface area contributed by atoms with Crippen LogP contribution in [0.15, 0.2) is 12.3 Å². The van der Waals surface area contributed by atoms with Crippen LogP contribution in [0.2, 0.25) is 0 Å². The van der Waals surface area contributed by atoms with Crippen molar-refractivity contribution in [2.45, 2.75) is 6.18 Å². The van der Waals surface area contributed by atoms with Crippen molar-refractivity contribution in [3.8, 4) is 0 Å². The largest absolute Gasteiger partial charge is 0.420 e. The van der Waals surface area contributed by atoms with Crippen LogP contribution in [0.25, 0.3) is 0 Å². The lowest BCUT2D eigenvalue weighted by molar-refractivity contribution is -0.137. The standard InChI is InChI=1S/C6H4F3IN2/c7-6(8,9)4-3(10)1-2-12-5(4)11/h1-2H,(H2,11,12). The molecule has 0 radical (unpaired) electrons. The molecule has 0 aliphatic carbocycles. The van der Waals surface area contributed by atoms with Gasteiger partial charge in [0.1, 0.15) is 11.4 Å². The Hall–Kier alpha value is -0.530. The number of hydrogen-bond acceptors (Lipinski definition) is 2. The molecule has 1 heterocycles. The zero-order chi connectivity index (χ0) is 9.35. The maximum atomic E-state index is 12.2. The number of nitrogens with zero attached hydrogens (tertiary/aromatic N) is 1. The first-order chi connectivity index (χ1) is 5.43. The van der Waals surface area contributed by atoms with E-state index >= 15 is 0 Å². The molecule has 0 saturated carbocycles. The van der Waals surface area contributed by atoms with Crippen molar-refractivity contribution in [2.75, 3.05) is 5.73 Å². The highest BCUT2D eigenvalue weighted by Gasteiger charge is 2.35. The number of halogens is 4. The Labute approximate surface area is 80.1 Å². The van der Waals surface area contributed by atoms with E-state index in [0.717, 1.165) is 0 Å². The van der Waals surface area contributed by atoms with Crippen molar-refractivity contribution in [3.63, 3.8) is 0 Å². The summed E-state index contributed by atoms with van der Waals surface area (Å²) in [7, 11) is 0. The van der Waals surface area contributed by atoms with Crippen molar-refractivity contribution in [2.24, 2.45) is 0 Å². The average molecular weight is 288 g/mol. The first-order valence-electron chi connectivity index (χ1n) is 2.90. The molecule has 1 aromatic rings. The number of aromatic nitrogens is 1. The van der Waals surface area contributed by atoms with Gasteiger partial charge in [-0.1, -0.05) is 0 Å². The number of anilines is 1. The Balaban J connectivity index is 3.31. The highest BCUT2D eigenvalue weighted by molar-refractivity contribution is 14.1. The number of nitrogens with two attached hydrogens (primary N) is 1. The summed E-state index contributed by atoms with van der Waals surface area (Å²) in [6.07, 6.45) is -3.18. The lowest BCUT2D eigenvalue weighted by Gasteiger charge is -2.09. The molecule has 1 rings (SSSR count). The van der Waals surface area contributed by atoms with Gasteiger partial charge in [-0.05, 0) is 28.7 Å². The highest BCUT2D eigenvalue weighted by Crippen LogP contribution is 2.35. The molecule has 12 heavy (non-hydrogen) atoms.